The molecule has 0 aliphatic carbocycles. The SMILES string of the molecule is O=C(c1cnco1)N1CCC(Oc2ccccc2C(=O)N2CCCCC2)CC1. The van der Waals surface area contributed by atoms with E-state index in [1.165, 1.54) is 19.0 Å². The third kappa shape index (κ3) is 4.03. The van der Waals surface area contributed by atoms with Crippen LogP contribution in [0.4, 0.5) is 0 Å². The van der Waals surface area contributed by atoms with Gasteiger partial charge in [0, 0.05) is 39.0 Å². The van der Waals surface area contributed by atoms with Crippen LogP contribution in [0.15, 0.2) is 41.3 Å². The van der Waals surface area contributed by atoms with Gasteiger partial charge in [-0.1, -0.05) is 12.1 Å². The molecule has 3 heterocycles. The molecule has 2 aromatic rings. The van der Waals surface area contributed by atoms with Gasteiger partial charge in [-0.15, -0.1) is 0 Å². The molecule has 4 rings (SSSR count). The average molecular weight is 383 g/mol. The molecule has 7 nitrogen and oxygen atoms in total. The molecule has 28 heavy (non-hydrogen) atoms. The maximum atomic E-state index is 12.9. The molecule has 7 heteroatoms. The van der Waals surface area contributed by atoms with Gasteiger partial charge in [0.15, 0.2) is 6.39 Å². The van der Waals surface area contributed by atoms with Crippen molar-refractivity contribution in [1.29, 1.82) is 0 Å². The minimum absolute atomic E-state index is 0.0194. The molecule has 0 atom stereocenters. The Morgan fingerprint density at radius 1 is 0.964 bits per heavy atom. The van der Waals surface area contributed by atoms with E-state index in [9.17, 15) is 9.59 Å². The predicted octanol–water partition coefficient (Wildman–Crippen LogP) is 2.98. The minimum atomic E-state index is -0.142. The Morgan fingerprint density at radius 2 is 1.68 bits per heavy atom. The fourth-order valence-electron chi connectivity index (χ4n) is 3.85. The summed E-state index contributed by atoms with van der Waals surface area (Å²) in [4.78, 5) is 32.7. The van der Waals surface area contributed by atoms with Crippen LogP contribution in [0, 0.1) is 0 Å². The van der Waals surface area contributed by atoms with E-state index in [2.05, 4.69) is 4.98 Å². The van der Waals surface area contributed by atoms with Crippen molar-refractivity contribution in [2.45, 2.75) is 38.2 Å². The first-order valence-corrected chi connectivity index (χ1v) is 9.95. The smallest absolute Gasteiger partial charge is 0.291 e. The lowest BCUT2D eigenvalue weighted by molar-refractivity contribution is 0.0561. The Balaban J connectivity index is 1.38. The van der Waals surface area contributed by atoms with Crippen LogP contribution in [-0.2, 0) is 0 Å². The Kier molecular flexibility index (Phi) is 5.60. The number of ether oxygens (including phenoxy) is 1. The molecule has 0 spiro atoms. The van der Waals surface area contributed by atoms with Crippen LogP contribution >= 0.6 is 0 Å². The molecule has 1 aromatic heterocycles. The first-order chi connectivity index (χ1) is 13.7. The van der Waals surface area contributed by atoms with E-state index in [1.807, 2.05) is 29.2 Å². The van der Waals surface area contributed by atoms with Gasteiger partial charge in [0.05, 0.1) is 11.8 Å². The Labute approximate surface area is 164 Å². The third-order valence-corrected chi connectivity index (χ3v) is 5.43. The van der Waals surface area contributed by atoms with E-state index in [4.69, 9.17) is 9.15 Å². The summed E-state index contributed by atoms with van der Waals surface area (Å²) in [6.07, 6.45) is 7.42. The standard InChI is InChI=1S/C21H25N3O4/c25-20(23-10-4-1-5-11-23)17-6-2-3-7-18(17)28-16-8-12-24(13-9-16)21(26)19-14-22-15-27-19/h2-3,6-7,14-16H,1,4-5,8-13H2. The number of carbonyl (C=O) groups is 2. The number of hydrogen-bond donors (Lipinski definition) is 0. The number of hydrogen-bond acceptors (Lipinski definition) is 5. The van der Waals surface area contributed by atoms with Crippen molar-refractivity contribution in [1.82, 2.24) is 14.8 Å². The van der Waals surface area contributed by atoms with Crippen molar-refractivity contribution in [2.75, 3.05) is 26.2 Å². The van der Waals surface area contributed by atoms with Crippen LogP contribution in [0.5, 0.6) is 5.75 Å². The first kappa shape index (κ1) is 18.5. The number of amides is 2. The summed E-state index contributed by atoms with van der Waals surface area (Å²) in [7, 11) is 0. The molecule has 0 bridgehead atoms. The summed E-state index contributed by atoms with van der Waals surface area (Å²) in [6, 6.07) is 7.48. The van der Waals surface area contributed by atoms with Crippen molar-refractivity contribution in [3.63, 3.8) is 0 Å². The number of nitrogens with zero attached hydrogens (tertiary/aromatic N) is 3. The van der Waals surface area contributed by atoms with Crippen LogP contribution in [0.3, 0.4) is 0 Å². The van der Waals surface area contributed by atoms with E-state index in [-0.39, 0.29) is 23.7 Å². The van der Waals surface area contributed by atoms with Gasteiger partial charge >= 0.3 is 0 Å². The Bertz CT molecular complexity index is 807. The molecule has 148 valence electrons. The summed E-state index contributed by atoms with van der Waals surface area (Å²) in [5.74, 6) is 0.805. The summed E-state index contributed by atoms with van der Waals surface area (Å²) >= 11 is 0. The van der Waals surface area contributed by atoms with Gasteiger partial charge in [-0.2, -0.15) is 0 Å². The molecule has 2 amide bonds. The van der Waals surface area contributed by atoms with Crippen LogP contribution in [0.25, 0.3) is 0 Å². The average Bonchev–Trinajstić information content (AvgIpc) is 3.29. The van der Waals surface area contributed by atoms with E-state index in [0.29, 0.717) is 37.2 Å². The van der Waals surface area contributed by atoms with Gasteiger partial charge in [-0.25, -0.2) is 4.98 Å². The summed E-state index contributed by atoms with van der Waals surface area (Å²) in [5.41, 5.74) is 0.629. The van der Waals surface area contributed by atoms with Crippen molar-refractivity contribution in [2.24, 2.45) is 0 Å². The highest BCUT2D eigenvalue weighted by Gasteiger charge is 2.28. The van der Waals surface area contributed by atoms with Crippen LogP contribution in [0.1, 0.15) is 53.0 Å². The number of rotatable bonds is 4. The Hall–Kier alpha value is -2.83. The number of carbonyl (C=O) groups excluding carboxylic acids is 2. The normalized spacial score (nSPS) is 18.1. The largest absolute Gasteiger partial charge is 0.489 e. The van der Waals surface area contributed by atoms with Gasteiger partial charge < -0.3 is 19.0 Å². The second-order valence-electron chi connectivity index (χ2n) is 7.32. The molecule has 0 N–H and O–H groups in total. The van der Waals surface area contributed by atoms with Gasteiger partial charge in [0.2, 0.25) is 5.76 Å². The van der Waals surface area contributed by atoms with Crippen molar-refractivity contribution in [3.8, 4) is 5.75 Å². The maximum absolute atomic E-state index is 12.9. The number of aromatic nitrogens is 1. The molecule has 0 saturated carbocycles. The van der Waals surface area contributed by atoms with E-state index >= 15 is 0 Å². The molecule has 0 unspecified atom stereocenters. The fraction of sp³-hybridized carbons (Fsp3) is 0.476. The molecule has 2 saturated heterocycles. The molecule has 1 aromatic carbocycles. The molecule has 2 aliphatic rings. The van der Waals surface area contributed by atoms with E-state index < -0.39 is 0 Å². The second-order valence-corrected chi connectivity index (χ2v) is 7.32. The predicted molar refractivity (Wildman–Crippen MR) is 102 cm³/mol. The summed E-state index contributed by atoms with van der Waals surface area (Å²) < 4.78 is 11.3. The van der Waals surface area contributed by atoms with Crippen molar-refractivity contribution < 1.29 is 18.7 Å². The van der Waals surface area contributed by atoms with Gasteiger partial charge in [-0.3, -0.25) is 9.59 Å². The minimum Gasteiger partial charge on any atom is -0.489 e. The highest BCUT2D eigenvalue weighted by molar-refractivity contribution is 5.97. The van der Waals surface area contributed by atoms with Gasteiger partial charge in [-0.05, 0) is 31.4 Å². The quantitative estimate of drug-likeness (QED) is 0.811. The molecule has 2 aliphatic heterocycles. The third-order valence-electron chi connectivity index (χ3n) is 5.43. The monoisotopic (exact) mass is 383 g/mol. The van der Waals surface area contributed by atoms with Crippen molar-refractivity contribution in [3.05, 3.63) is 48.2 Å². The van der Waals surface area contributed by atoms with E-state index in [1.54, 1.807) is 4.90 Å². The topological polar surface area (TPSA) is 75.9 Å². The zero-order chi connectivity index (χ0) is 19.3. The van der Waals surface area contributed by atoms with Gasteiger partial charge in [0.1, 0.15) is 11.9 Å². The number of para-hydroxylation sites is 1. The number of benzene rings is 1. The van der Waals surface area contributed by atoms with Crippen LogP contribution in [-0.4, -0.2) is 58.9 Å². The Morgan fingerprint density at radius 3 is 2.39 bits per heavy atom. The highest BCUT2D eigenvalue weighted by atomic mass is 16.5. The molecular formula is C21H25N3O4. The number of likely N-dealkylation sites (tertiary alicyclic amines) is 2. The summed E-state index contributed by atoms with van der Waals surface area (Å²) in [6.45, 7) is 2.81. The lowest BCUT2D eigenvalue weighted by Gasteiger charge is -2.32. The number of piperidine rings is 2. The zero-order valence-corrected chi connectivity index (χ0v) is 15.9. The number of oxazole rings is 1. The van der Waals surface area contributed by atoms with Gasteiger partial charge in [0.25, 0.3) is 11.8 Å². The first-order valence-electron chi connectivity index (χ1n) is 9.95. The maximum Gasteiger partial charge on any atom is 0.291 e. The molecular weight excluding hydrogens is 358 g/mol. The lowest BCUT2D eigenvalue weighted by atomic mass is 10.1. The molecule has 0 radical (unpaired) electrons. The lowest BCUT2D eigenvalue weighted by Crippen LogP contribution is -2.42. The van der Waals surface area contributed by atoms with Crippen molar-refractivity contribution >= 4 is 11.8 Å². The fourth-order valence-corrected chi connectivity index (χ4v) is 3.85. The van der Waals surface area contributed by atoms with Crippen LogP contribution in [0.2, 0.25) is 0 Å². The highest BCUT2D eigenvalue weighted by Crippen LogP contribution is 2.26. The van der Waals surface area contributed by atoms with Crippen LogP contribution < -0.4 is 4.74 Å². The van der Waals surface area contributed by atoms with E-state index in [0.717, 1.165) is 25.9 Å². The molecule has 2 fully saturated rings. The zero-order valence-electron chi connectivity index (χ0n) is 15.9. The second kappa shape index (κ2) is 8.46. The summed E-state index contributed by atoms with van der Waals surface area (Å²) in [5, 5.41) is 0.